The van der Waals surface area contributed by atoms with Crippen LogP contribution in [0.15, 0.2) is 30.3 Å². The van der Waals surface area contributed by atoms with E-state index in [1.54, 1.807) is 32.2 Å². The average molecular weight is 516 g/mol. The van der Waals surface area contributed by atoms with Crippen molar-refractivity contribution in [3.63, 3.8) is 0 Å². The first-order valence-corrected chi connectivity index (χ1v) is 12.3. The number of hydrogen-bond donors (Lipinski definition) is 1. The Morgan fingerprint density at radius 2 is 1.91 bits per heavy atom. The molecule has 7 nitrogen and oxygen atoms in total. The van der Waals surface area contributed by atoms with E-state index in [1.807, 2.05) is 0 Å². The lowest BCUT2D eigenvalue weighted by atomic mass is 9.95. The molecule has 2 aromatic rings. The van der Waals surface area contributed by atoms with Crippen molar-refractivity contribution >= 4 is 33.8 Å². The molecule has 35 heavy (non-hydrogen) atoms. The number of rotatable bonds is 7. The highest BCUT2D eigenvalue weighted by atomic mass is 32.2. The van der Waals surface area contributed by atoms with Crippen LogP contribution in [-0.4, -0.2) is 49.9 Å². The van der Waals surface area contributed by atoms with Crippen LogP contribution in [-0.2, 0) is 38.1 Å². The molecule has 1 aliphatic heterocycles. The Hall–Kier alpha value is -3.12. The zero-order valence-electron chi connectivity index (χ0n) is 19.1. The van der Waals surface area contributed by atoms with Gasteiger partial charge >= 0.3 is 12.1 Å². The summed E-state index contributed by atoms with van der Waals surface area (Å²) < 4.78 is 80.7. The van der Waals surface area contributed by atoms with Gasteiger partial charge in [0.2, 0.25) is 5.91 Å². The van der Waals surface area contributed by atoms with Crippen LogP contribution in [0.2, 0.25) is 0 Å². The normalized spacial score (nSPS) is 14.8. The topological polar surface area (TPSA) is 92.6 Å². The van der Waals surface area contributed by atoms with E-state index in [0.717, 1.165) is 12.3 Å². The largest absolute Gasteiger partial charge is 0.419 e. The van der Waals surface area contributed by atoms with Crippen molar-refractivity contribution in [1.29, 1.82) is 0 Å². The summed E-state index contributed by atoms with van der Waals surface area (Å²) in [6.45, 7) is 3.12. The SMILES string of the molecule is Cc1ccc2c(c1NC(=O)Cc1ccc(C(F)(F)F)c(F)c1)CC=[N+]([C@H](C)COS(C)(=O)=O)C2=O. The third-order valence-corrected chi connectivity index (χ3v) is 6.01. The molecular formula is C23H23F4N2O5S+. The number of carbonyl (C=O) groups is 2. The molecule has 188 valence electrons. The number of halogens is 4. The molecule has 0 bridgehead atoms. The predicted octanol–water partition coefficient (Wildman–Crippen LogP) is 3.48. The molecule has 0 aliphatic carbocycles. The minimum atomic E-state index is -4.84. The van der Waals surface area contributed by atoms with E-state index >= 15 is 0 Å². The summed E-state index contributed by atoms with van der Waals surface area (Å²) in [7, 11) is -3.68. The van der Waals surface area contributed by atoms with Gasteiger partial charge in [0.15, 0.2) is 12.3 Å². The van der Waals surface area contributed by atoms with E-state index in [-0.39, 0.29) is 25.0 Å². The van der Waals surface area contributed by atoms with Gasteiger partial charge in [-0.15, -0.1) is 0 Å². The number of alkyl halides is 3. The van der Waals surface area contributed by atoms with Crippen molar-refractivity contribution in [2.45, 2.75) is 38.9 Å². The van der Waals surface area contributed by atoms with Gasteiger partial charge in [0.1, 0.15) is 12.4 Å². The summed E-state index contributed by atoms with van der Waals surface area (Å²) in [5.41, 5.74) is 0.519. The molecule has 0 aromatic heterocycles. The average Bonchev–Trinajstić information content (AvgIpc) is 2.73. The standard InChI is InChI=1S/C23H22F4N2O5S/c1-13-4-6-17-16(8-9-29(22(17)31)14(2)12-34-35(3,32)33)21(13)28-20(30)11-15-5-7-18(19(24)10-15)23(25,26)27/h4-7,9-10,14H,8,11-12H2,1-3H3/p+1/t14-/m1/s1. The van der Waals surface area contributed by atoms with E-state index < -0.39 is 45.5 Å². The van der Waals surface area contributed by atoms with Crippen LogP contribution >= 0.6 is 0 Å². The van der Waals surface area contributed by atoms with E-state index in [2.05, 4.69) is 5.32 Å². The highest BCUT2D eigenvalue weighted by Gasteiger charge is 2.35. The zero-order chi connectivity index (χ0) is 26.1. The van der Waals surface area contributed by atoms with Crippen molar-refractivity contribution in [1.82, 2.24) is 0 Å². The van der Waals surface area contributed by atoms with Gasteiger partial charge in [0, 0.05) is 18.2 Å². The Bertz CT molecular complexity index is 1320. The molecule has 0 saturated carbocycles. The summed E-state index contributed by atoms with van der Waals surface area (Å²) in [6.07, 6.45) is -2.48. The lowest BCUT2D eigenvalue weighted by Crippen LogP contribution is -2.38. The molecule has 1 heterocycles. The number of nitrogens with zero attached hydrogens (tertiary/aromatic N) is 1. The van der Waals surface area contributed by atoms with Crippen molar-refractivity contribution in [2.75, 3.05) is 18.2 Å². The molecule has 0 unspecified atom stereocenters. The van der Waals surface area contributed by atoms with Gasteiger partial charge in [0.05, 0.1) is 30.2 Å². The molecule has 0 saturated heterocycles. The third kappa shape index (κ3) is 6.31. The highest BCUT2D eigenvalue weighted by molar-refractivity contribution is 7.85. The number of anilines is 1. The third-order valence-electron chi connectivity index (χ3n) is 5.44. The van der Waals surface area contributed by atoms with Gasteiger partial charge in [0.25, 0.3) is 10.1 Å². The Balaban J connectivity index is 1.79. The van der Waals surface area contributed by atoms with E-state index in [1.165, 1.54) is 4.58 Å². The van der Waals surface area contributed by atoms with Crippen LogP contribution in [0.1, 0.15) is 39.5 Å². The van der Waals surface area contributed by atoms with E-state index in [0.29, 0.717) is 34.5 Å². The van der Waals surface area contributed by atoms with Crippen molar-refractivity contribution < 1.29 is 44.3 Å². The number of aryl methyl sites for hydroxylation is 1. The molecule has 1 aliphatic rings. The lowest BCUT2D eigenvalue weighted by Gasteiger charge is -2.20. The first kappa shape index (κ1) is 26.5. The molecule has 0 radical (unpaired) electrons. The van der Waals surface area contributed by atoms with Crippen LogP contribution in [0.25, 0.3) is 0 Å². The number of benzene rings is 2. The Morgan fingerprint density at radius 1 is 1.23 bits per heavy atom. The summed E-state index contributed by atoms with van der Waals surface area (Å²) in [5.74, 6) is -2.47. The van der Waals surface area contributed by atoms with Crippen molar-refractivity contribution in [3.8, 4) is 0 Å². The first-order chi connectivity index (χ1) is 16.2. The maximum atomic E-state index is 13.8. The van der Waals surface area contributed by atoms with Crippen molar-refractivity contribution in [2.24, 2.45) is 0 Å². The molecule has 0 spiro atoms. The van der Waals surface area contributed by atoms with Crippen LogP contribution in [0.4, 0.5) is 23.2 Å². The monoisotopic (exact) mass is 515 g/mol. The molecular weight excluding hydrogens is 492 g/mol. The first-order valence-electron chi connectivity index (χ1n) is 10.5. The fraction of sp³-hybridized carbons (Fsp3) is 0.348. The summed E-state index contributed by atoms with van der Waals surface area (Å²) in [5, 5.41) is 2.68. The molecule has 2 aromatic carbocycles. The molecule has 1 N–H and O–H groups in total. The van der Waals surface area contributed by atoms with Crippen LogP contribution in [0, 0.1) is 12.7 Å². The fourth-order valence-corrected chi connectivity index (χ4v) is 4.16. The minimum absolute atomic E-state index is 0.0592. The maximum absolute atomic E-state index is 13.8. The van der Waals surface area contributed by atoms with Gasteiger partial charge in [-0.3, -0.25) is 8.98 Å². The fourth-order valence-electron chi connectivity index (χ4n) is 3.71. The van der Waals surface area contributed by atoms with Gasteiger partial charge in [-0.25, -0.2) is 9.18 Å². The smallest absolute Gasteiger partial charge is 0.325 e. The second-order valence-electron chi connectivity index (χ2n) is 8.26. The summed E-state index contributed by atoms with van der Waals surface area (Å²) in [4.78, 5) is 25.6. The van der Waals surface area contributed by atoms with Gasteiger partial charge in [-0.1, -0.05) is 12.1 Å². The zero-order valence-corrected chi connectivity index (χ0v) is 19.9. The summed E-state index contributed by atoms with van der Waals surface area (Å²) in [6, 6.07) is 4.95. The lowest BCUT2D eigenvalue weighted by molar-refractivity contribution is -0.467. The maximum Gasteiger partial charge on any atom is 0.419 e. The highest BCUT2D eigenvalue weighted by Crippen LogP contribution is 2.32. The Kier molecular flexibility index (Phi) is 7.46. The summed E-state index contributed by atoms with van der Waals surface area (Å²) >= 11 is 0. The van der Waals surface area contributed by atoms with E-state index in [4.69, 9.17) is 4.18 Å². The van der Waals surface area contributed by atoms with Gasteiger partial charge in [-0.05, 0) is 36.2 Å². The van der Waals surface area contributed by atoms with E-state index in [9.17, 15) is 35.6 Å². The number of carbonyl (C=O) groups excluding carboxylic acids is 2. The molecule has 2 amide bonds. The molecule has 3 rings (SSSR count). The predicted molar refractivity (Wildman–Crippen MR) is 120 cm³/mol. The number of hydrogen-bond acceptors (Lipinski definition) is 5. The van der Waals surface area contributed by atoms with Gasteiger partial charge < -0.3 is 5.32 Å². The molecule has 12 heteroatoms. The number of amides is 2. The van der Waals surface area contributed by atoms with Crippen LogP contribution in [0.3, 0.4) is 0 Å². The second-order valence-corrected chi connectivity index (χ2v) is 9.90. The number of nitrogens with one attached hydrogen (secondary N) is 1. The Morgan fingerprint density at radius 3 is 2.51 bits per heavy atom. The molecule has 1 atom stereocenters. The number of fused-ring (bicyclic) bond motifs is 1. The van der Waals surface area contributed by atoms with Crippen LogP contribution in [0.5, 0.6) is 0 Å². The second kappa shape index (κ2) is 9.86. The van der Waals surface area contributed by atoms with Crippen molar-refractivity contribution in [3.05, 3.63) is 64.0 Å². The quantitative estimate of drug-likeness (QED) is 0.346. The van der Waals surface area contributed by atoms with Gasteiger partial charge in [-0.2, -0.15) is 26.2 Å². The Labute approximate surface area is 199 Å². The minimum Gasteiger partial charge on any atom is -0.325 e. The van der Waals surface area contributed by atoms with Crippen LogP contribution < -0.4 is 5.32 Å². The molecule has 0 fully saturated rings.